The zero-order valence-corrected chi connectivity index (χ0v) is 14.0. The molecule has 0 aromatic heterocycles. The Morgan fingerprint density at radius 1 is 1.32 bits per heavy atom. The molecule has 4 amide bonds. The number of urea groups is 1. The molecular formula is C12H19N5O7S. The third-order valence-corrected chi connectivity index (χ3v) is 5.17. The van der Waals surface area contributed by atoms with Crippen LogP contribution in [0.2, 0.25) is 0 Å². The van der Waals surface area contributed by atoms with Gasteiger partial charge in [0.1, 0.15) is 6.04 Å². The SMILES string of the molecule is NCC1(C(=O)NNC(=O)[C@H]2CC[C@@H]3CN2C(=O)N3OS(=O)(=O)O)CC1. The van der Waals surface area contributed by atoms with E-state index in [-0.39, 0.29) is 25.4 Å². The Morgan fingerprint density at radius 2 is 2.00 bits per heavy atom. The average Bonchev–Trinajstić information content (AvgIpc) is 3.32. The third kappa shape index (κ3) is 3.40. The van der Waals surface area contributed by atoms with E-state index in [4.69, 9.17) is 10.3 Å². The van der Waals surface area contributed by atoms with Crippen LogP contribution in [0.25, 0.3) is 0 Å². The lowest BCUT2D eigenvalue weighted by Crippen LogP contribution is -2.55. The van der Waals surface area contributed by atoms with Crippen LogP contribution in [0.1, 0.15) is 25.7 Å². The van der Waals surface area contributed by atoms with E-state index >= 15 is 0 Å². The summed E-state index contributed by atoms with van der Waals surface area (Å²) in [5.74, 6) is -0.970. The molecule has 1 aliphatic carbocycles. The summed E-state index contributed by atoms with van der Waals surface area (Å²) >= 11 is 0. The molecule has 13 heteroatoms. The Morgan fingerprint density at radius 3 is 2.56 bits per heavy atom. The molecule has 2 saturated heterocycles. The van der Waals surface area contributed by atoms with E-state index in [2.05, 4.69) is 15.1 Å². The van der Waals surface area contributed by atoms with Gasteiger partial charge in [0, 0.05) is 13.1 Å². The number of hydrazine groups is 1. The van der Waals surface area contributed by atoms with Crippen LogP contribution >= 0.6 is 0 Å². The number of rotatable bonds is 5. The van der Waals surface area contributed by atoms with Crippen molar-refractivity contribution >= 4 is 28.2 Å². The van der Waals surface area contributed by atoms with Crippen LogP contribution in [-0.2, 0) is 24.3 Å². The number of carbonyl (C=O) groups excluding carboxylic acids is 3. The molecule has 0 aromatic rings. The number of hydroxylamine groups is 2. The van der Waals surface area contributed by atoms with Gasteiger partial charge in [0.2, 0.25) is 5.91 Å². The van der Waals surface area contributed by atoms with Crippen molar-refractivity contribution in [1.29, 1.82) is 0 Å². The van der Waals surface area contributed by atoms with Gasteiger partial charge in [-0.2, -0.15) is 13.5 Å². The maximum atomic E-state index is 12.3. The minimum atomic E-state index is -4.84. The minimum Gasteiger partial charge on any atom is -0.329 e. The average molecular weight is 377 g/mol. The monoisotopic (exact) mass is 377 g/mol. The van der Waals surface area contributed by atoms with Crippen LogP contribution in [-0.4, -0.2) is 66.0 Å². The lowest BCUT2D eigenvalue weighted by Gasteiger charge is -2.29. The highest BCUT2D eigenvalue weighted by Crippen LogP contribution is 2.44. The number of nitrogens with two attached hydrogens (primary N) is 1. The highest BCUT2D eigenvalue weighted by atomic mass is 32.3. The van der Waals surface area contributed by atoms with Crippen LogP contribution in [0.5, 0.6) is 0 Å². The van der Waals surface area contributed by atoms with Crippen molar-refractivity contribution in [2.75, 3.05) is 13.1 Å². The van der Waals surface area contributed by atoms with Crippen LogP contribution in [0, 0.1) is 5.41 Å². The fourth-order valence-electron chi connectivity index (χ4n) is 3.11. The summed E-state index contributed by atoms with van der Waals surface area (Å²) in [6.07, 6.45) is 1.87. The van der Waals surface area contributed by atoms with Crippen molar-refractivity contribution < 1.29 is 31.6 Å². The highest BCUT2D eigenvalue weighted by molar-refractivity contribution is 7.80. The topological polar surface area (TPSA) is 171 Å². The molecule has 2 bridgehead atoms. The van der Waals surface area contributed by atoms with E-state index in [9.17, 15) is 22.8 Å². The smallest absolute Gasteiger partial charge is 0.329 e. The van der Waals surface area contributed by atoms with Crippen LogP contribution in [0.3, 0.4) is 0 Å². The van der Waals surface area contributed by atoms with E-state index in [1.54, 1.807) is 0 Å². The number of piperidine rings is 1. The predicted octanol–water partition coefficient (Wildman–Crippen LogP) is -2.12. The fourth-order valence-corrected chi connectivity index (χ4v) is 3.50. The molecule has 0 radical (unpaired) electrons. The summed E-state index contributed by atoms with van der Waals surface area (Å²) in [7, 11) is -4.84. The summed E-state index contributed by atoms with van der Waals surface area (Å²) in [5.41, 5.74) is 9.51. The molecular weight excluding hydrogens is 358 g/mol. The van der Waals surface area contributed by atoms with Crippen LogP contribution in [0.4, 0.5) is 4.79 Å². The summed E-state index contributed by atoms with van der Waals surface area (Å²) in [6.45, 7) is 0.263. The Hall–Kier alpha value is -1.96. The number of nitrogens with one attached hydrogen (secondary N) is 2. The summed E-state index contributed by atoms with van der Waals surface area (Å²) in [4.78, 5) is 37.6. The molecule has 12 nitrogen and oxygen atoms in total. The van der Waals surface area contributed by atoms with Crippen molar-refractivity contribution in [2.45, 2.75) is 37.8 Å². The number of hydrogen-bond acceptors (Lipinski definition) is 7. The van der Waals surface area contributed by atoms with E-state index in [0.29, 0.717) is 24.3 Å². The van der Waals surface area contributed by atoms with Crippen LogP contribution < -0.4 is 16.6 Å². The Balaban J connectivity index is 1.60. The van der Waals surface area contributed by atoms with E-state index < -0.39 is 39.8 Å². The van der Waals surface area contributed by atoms with Crippen molar-refractivity contribution in [2.24, 2.45) is 11.1 Å². The highest BCUT2D eigenvalue weighted by Gasteiger charge is 2.51. The number of amides is 4. The van der Waals surface area contributed by atoms with Crippen molar-refractivity contribution in [3.05, 3.63) is 0 Å². The van der Waals surface area contributed by atoms with Crippen molar-refractivity contribution in [1.82, 2.24) is 20.8 Å². The molecule has 1 saturated carbocycles. The molecule has 2 atom stereocenters. The summed E-state index contributed by atoms with van der Waals surface area (Å²) < 4.78 is 34.7. The van der Waals surface area contributed by atoms with Crippen molar-refractivity contribution in [3.8, 4) is 0 Å². The van der Waals surface area contributed by atoms with Gasteiger partial charge in [-0.05, 0) is 25.7 Å². The van der Waals surface area contributed by atoms with Gasteiger partial charge in [0.25, 0.3) is 5.91 Å². The number of fused-ring (bicyclic) bond motifs is 2. The fraction of sp³-hybridized carbons (Fsp3) is 0.750. The number of hydrogen-bond donors (Lipinski definition) is 4. The molecule has 2 aliphatic heterocycles. The molecule has 0 unspecified atom stereocenters. The number of nitrogens with zero attached hydrogens (tertiary/aromatic N) is 2. The van der Waals surface area contributed by atoms with Gasteiger partial charge >= 0.3 is 16.4 Å². The zero-order valence-electron chi connectivity index (χ0n) is 13.2. The minimum absolute atomic E-state index is 0.0765. The first-order valence-corrected chi connectivity index (χ1v) is 9.10. The molecule has 140 valence electrons. The van der Waals surface area contributed by atoms with E-state index in [0.717, 1.165) is 4.90 Å². The molecule has 0 spiro atoms. The summed E-state index contributed by atoms with van der Waals surface area (Å²) in [6, 6.07) is -2.31. The maximum Gasteiger partial charge on any atom is 0.418 e. The quantitative estimate of drug-likeness (QED) is 0.311. The van der Waals surface area contributed by atoms with Gasteiger partial charge in [-0.25, -0.2) is 4.79 Å². The van der Waals surface area contributed by atoms with Gasteiger partial charge in [0.05, 0.1) is 11.5 Å². The lowest BCUT2D eigenvalue weighted by molar-refractivity contribution is -0.134. The van der Waals surface area contributed by atoms with E-state index in [1.807, 2.05) is 0 Å². The molecule has 2 heterocycles. The van der Waals surface area contributed by atoms with Crippen molar-refractivity contribution in [3.63, 3.8) is 0 Å². The third-order valence-electron chi connectivity index (χ3n) is 4.83. The predicted molar refractivity (Wildman–Crippen MR) is 80.4 cm³/mol. The Bertz CT molecular complexity index is 707. The first kappa shape index (κ1) is 17.8. The second kappa shape index (κ2) is 6.09. The normalized spacial score (nSPS) is 27.2. The summed E-state index contributed by atoms with van der Waals surface area (Å²) in [5, 5.41) is 0.550. The molecule has 0 aromatic carbocycles. The number of carbonyl (C=O) groups is 3. The standard InChI is InChI=1S/C12H19N5O7S/c13-6-12(3-4-12)10(19)15-14-9(18)8-2-1-7-5-16(8)11(20)17(7)24-25(21,22)23/h7-8H,1-6,13H2,(H,14,18)(H,15,19)(H,21,22,23)/t7-,8-/m1/s1. The second-order valence-electron chi connectivity index (χ2n) is 6.44. The van der Waals surface area contributed by atoms with Crippen LogP contribution in [0.15, 0.2) is 0 Å². The maximum absolute atomic E-state index is 12.3. The Labute approximate surface area is 143 Å². The second-order valence-corrected chi connectivity index (χ2v) is 7.44. The van der Waals surface area contributed by atoms with Gasteiger partial charge in [-0.1, -0.05) is 0 Å². The Kier molecular flexibility index (Phi) is 4.35. The molecule has 5 N–H and O–H groups in total. The largest absolute Gasteiger partial charge is 0.418 e. The van der Waals surface area contributed by atoms with Gasteiger partial charge in [-0.3, -0.25) is 25.0 Å². The zero-order chi connectivity index (χ0) is 18.4. The molecule has 25 heavy (non-hydrogen) atoms. The lowest BCUT2D eigenvalue weighted by atomic mass is 10.0. The van der Waals surface area contributed by atoms with Gasteiger partial charge in [-0.15, -0.1) is 4.28 Å². The first-order valence-electron chi connectivity index (χ1n) is 7.74. The molecule has 3 aliphatic rings. The molecule has 3 fully saturated rings. The first-order chi connectivity index (χ1) is 11.7. The van der Waals surface area contributed by atoms with Gasteiger partial charge < -0.3 is 10.6 Å². The molecule has 3 rings (SSSR count). The van der Waals surface area contributed by atoms with E-state index in [1.165, 1.54) is 0 Å². The van der Waals surface area contributed by atoms with Gasteiger partial charge in [0.15, 0.2) is 0 Å².